The van der Waals surface area contributed by atoms with Gasteiger partial charge in [0.2, 0.25) is 20.0 Å². The van der Waals surface area contributed by atoms with Crippen LogP contribution in [0, 0.1) is 0 Å². The van der Waals surface area contributed by atoms with Crippen LogP contribution in [-0.2, 0) is 29.6 Å². The molecule has 10 nitrogen and oxygen atoms in total. The summed E-state index contributed by atoms with van der Waals surface area (Å²) in [5, 5.41) is 22.7. The molecule has 13 heteroatoms. The van der Waals surface area contributed by atoms with E-state index in [9.17, 15) is 36.6 Å². The van der Waals surface area contributed by atoms with Crippen LogP contribution < -0.4 is 19.7 Å². The Balaban J connectivity index is -0.000000846. The second-order valence-corrected chi connectivity index (χ2v) is 15.8. The molecule has 0 aliphatic carbocycles. The molecule has 0 heterocycles. The summed E-state index contributed by atoms with van der Waals surface area (Å²) in [7, 11) is -7.03. The molecule has 0 atom stereocenters. The smallest absolute Gasteiger partial charge is 0.550 e. The molecule has 0 aliphatic heterocycles. The number of carbonyl (C=O) groups is 2. The molecule has 0 aromatic carbocycles. The molecular weight excluding hydrogens is 693 g/mol. The van der Waals surface area contributed by atoms with Crippen molar-refractivity contribution < 1.29 is 36.6 Å². The maximum Gasteiger partial charge on any atom is 2.00 e. The third kappa shape index (κ3) is 47.5. The number of hydrogen-bond acceptors (Lipinski definition) is 8. The first kappa shape index (κ1) is 52.9. The molecule has 0 spiro atoms. The second-order valence-electron chi connectivity index (χ2n) is 12.5. The van der Waals surface area contributed by atoms with Gasteiger partial charge in [0.1, 0.15) is 0 Å². The first-order valence-electron chi connectivity index (χ1n) is 18.7. The molecule has 0 fully saturated rings. The molecule has 0 unspecified atom stereocenters. The molecule has 0 aromatic heterocycles. The standard InChI is InChI=1S/2C18H35NO4S.Ca/c2*1-2-3-4-5-6-7-8-9-10-11-12-13-14-17-24(22,23)19-16-15-18(20)21;/h2*14,17,19H,2-13,15-16H2,1H3,(H,20,21);/q;;+2/p-2/b2*17-14+;. The first-order valence-corrected chi connectivity index (χ1v) is 21.8. The molecule has 0 bridgehead atoms. The van der Waals surface area contributed by atoms with Crippen molar-refractivity contribution in [1.29, 1.82) is 0 Å². The third-order valence-electron chi connectivity index (χ3n) is 7.76. The van der Waals surface area contributed by atoms with E-state index in [1.165, 1.54) is 116 Å². The van der Waals surface area contributed by atoms with Crippen molar-refractivity contribution in [3.05, 3.63) is 23.0 Å². The molecule has 0 aromatic rings. The van der Waals surface area contributed by atoms with Crippen LogP contribution >= 0.6 is 0 Å². The van der Waals surface area contributed by atoms with Crippen LogP contribution in [0.15, 0.2) is 23.0 Å². The summed E-state index contributed by atoms with van der Waals surface area (Å²) in [5.74, 6) is -2.52. The van der Waals surface area contributed by atoms with E-state index in [2.05, 4.69) is 23.3 Å². The van der Waals surface area contributed by atoms with Crippen molar-refractivity contribution in [3.8, 4) is 0 Å². The minimum Gasteiger partial charge on any atom is -0.550 e. The van der Waals surface area contributed by atoms with Crippen LogP contribution in [0.2, 0.25) is 0 Å². The van der Waals surface area contributed by atoms with E-state index in [0.717, 1.165) is 49.3 Å². The molecule has 284 valence electrons. The molecule has 0 amide bonds. The number of unbranched alkanes of at least 4 members (excludes halogenated alkanes) is 22. The Hall–Kier alpha value is -0.500. The Morgan fingerprint density at radius 2 is 0.714 bits per heavy atom. The quantitative estimate of drug-likeness (QED) is 0.0582. The molecule has 49 heavy (non-hydrogen) atoms. The number of hydrogen-bond donors (Lipinski definition) is 2. The fraction of sp³-hybridized carbons (Fsp3) is 0.833. The molecular formula is C36H68CaN2O8S2. The van der Waals surface area contributed by atoms with Gasteiger partial charge in [0.25, 0.3) is 0 Å². The number of aliphatic carboxylic acids is 2. The van der Waals surface area contributed by atoms with E-state index in [-0.39, 0.29) is 63.7 Å². The number of rotatable bonds is 34. The molecule has 0 saturated carbocycles. The fourth-order valence-electron chi connectivity index (χ4n) is 4.93. The topological polar surface area (TPSA) is 173 Å². The summed E-state index contributed by atoms with van der Waals surface area (Å²) in [6, 6.07) is 0. The van der Waals surface area contributed by atoms with Gasteiger partial charge in [-0.2, -0.15) is 0 Å². The average Bonchev–Trinajstić information content (AvgIpc) is 3.01. The van der Waals surface area contributed by atoms with Gasteiger partial charge in [0, 0.05) is 48.7 Å². The normalized spacial score (nSPS) is 11.8. The number of sulfonamides is 2. The van der Waals surface area contributed by atoms with Gasteiger partial charge < -0.3 is 19.8 Å². The Bertz CT molecular complexity index is 954. The minimum absolute atomic E-state index is 0. The number of allylic oxidation sites excluding steroid dienone is 2. The molecule has 0 saturated heterocycles. The van der Waals surface area contributed by atoms with Crippen molar-refractivity contribution in [1.82, 2.24) is 9.44 Å². The Morgan fingerprint density at radius 3 is 0.959 bits per heavy atom. The zero-order valence-corrected chi connectivity index (χ0v) is 34.7. The predicted molar refractivity (Wildman–Crippen MR) is 199 cm³/mol. The summed E-state index contributed by atoms with van der Waals surface area (Å²) in [4.78, 5) is 20.4. The summed E-state index contributed by atoms with van der Waals surface area (Å²) in [5.41, 5.74) is 0. The van der Waals surface area contributed by atoms with Gasteiger partial charge in [-0.15, -0.1) is 0 Å². The summed E-state index contributed by atoms with van der Waals surface area (Å²) in [6.07, 6.45) is 32.0. The van der Waals surface area contributed by atoms with Crippen LogP contribution in [-0.4, -0.2) is 79.6 Å². The fourth-order valence-corrected chi connectivity index (χ4v) is 6.67. The summed E-state index contributed by atoms with van der Waals surface area (Å²) in [6.45, 7) is 4.21. The van der Waals surface area contributed by atoms with Crippen LogP contribution in [0.3, 0.4) is 0 Å². The SMILES string of the molecule is CCCCCCCCCCCCC/C=C/S(=O)(=O)NCCC(=O)[O-].CCCCCCCCCCCCC/C=C/S(=O)(=O)NCCC(=O)[O-].[Ca+2]. The van der Waals surface area contributed by atoms with Gasteiger partial charge >= 0.3 is 37.7 Å². The number of carbonyl (C=O) groups excluding carboxylic acids is 2. The van der Waals surface area contributed by atoms with Crippen molar-refractivity contribution in [2.45, 2.75) is 181 Å². The monoisotopic (exact) mass is 760 g/mol. The van der Waals surface area contributed by atoms with E-state index >= 15 is 0 Å². The van der Waals surface area contributed by atoms with Gasteiger partial charge in [0.05, 0.1) is 0 Å². The van der Waals surface area contributed by atoms with E-state index in [4.69, 9.17) is 0 Å². The van der Waals surface area contributed by atoms with Gasteiger partial charge in [0.15, 0.2) is 0 Å². The summed E-state index contributed by atoms with van der Waals surface area (Å²) < 4.78 is 50.4. The minimum atomic E-state index is -3.51. The predicted octanol–water partition coefficient (Wildman–Crippen LogP) is 6.14. The van der Waals surface area contributed by atoms with Crippen molar-refractivity contribution in [2.24, 2.45) is 0 Å². The van der Waals surface area contributed by atoms with Gasteiger partial charge in [-0.3, -0.25) is 0 Å². The van der Waals surface area contributed by atoms with Crippen LogP contribution in [0.5, 0.6) is 0 Å². The van der Waals surface area contributed by atoms with Crippen molar-refractivity contribution in [2.75, 3.05) is 13.1 Å². The Kier molecular flexibility index (Phi) is 41.8. The molecule has 0 aliphatic rings. The zero-order chi connectivity index (χ0) is 36.2. The first-order chi connectivity index (χ1) is 23.0. The van der Waals surface area contributed by atoms with Crippen LogP contribution in [0.1, 0.15) is 181 Å². The van der Waals surface area contributed by atoms with Gasteiger partial charge in [-0.05, 0) is 25.7 Å². The van der Waals surface area contributed by atoms with Crippen molar-refractivity contribution in [3.63, 3.8) is 0 Å². The second kappa shape index (κ2) is 38.7. The van der Waals surface area contributed by atoms with E-state index in [1.54, 1.807) is 12.2 Å². The number of carboxylic acids is 2. The third-order valence-corrected chi connectivity index (χ3v) is 10.1. The zero-order valence-electron chi connectivity index (χ0n) is 30.9. The summed E-state index contributed by atoms with van der Waals surface area (Å²) >= 11 is 0. The van der Waals surface area contributed by atoms with Gasteiger partial charge in [-0.25, -0.2) is 26.3 Å². The van der Waals surface area contributed by atoms with Crippen molar-refractivity contribution >= 4 is 69.7 Å². The number of carboxylic acid groups (broad SMARTS) is 2. The van der Waals surface area contributed by atoms with E-state index in [1.807, 2.05) is 0 Å². The Morgan fingerprint density at radius 1 is 0.469 bits per heavy atom. The van der Waals surface area contributed by atoms with E-state index in [0.29, 0.717) is 0 Å². The maximum atomic E-state index is 11.5. The average molecular weight is 761 g/mol. The van der Waals surface area contributed by atoms with E-state index < -0.39 is 32.0 Å². The number of nitrogens with one attached hydrogen (secondary N) is 2. The van der Waals surface area contributed by atoms with Gasteiger partial charge in [-0.1, -0.05) is 154 Å². The molecule has 2 N–H and O–H groups in total. The van der Waals surface area contributed by atoms with Crippen LogP contribution in [0.25, 0.3) is 0 Å². The Labute approximate surface area is 330 Å². The maximum absolute atomic E-state index is 11.5. The largest absolute Gasteiger partial charge is 2.00 e. The molecule has 0 radical (unpaired) electrons. The molecule has 0 rings (SSSR count). The van der Waals surface area contributed by atoms with Crippen LogP contribution in [0.4, 0.5) is 0 Å².